The van der Waals surface area contributed by atoms with Crippen LogP contribution in [-0.4, -0.2) is 26.4 Å². The van der Waals surface area contributed by atoms with Gasteiger partial charge in [-0.3, -0.25) is 4.31 Å². The number of halogens is 1. The first-order valence-electron chi connectivity index (χ1n) is 10.7. The highest BCUT2D eigenvalue weighted by Crippen LogP contribution is 2.36. The van der Waals surface area contributed by atoms with Crippen molar-refractivity contribution in [2.75, 3.05) is 21.7 Å². The summed E-state index contributed by atoms with van der Waals surface area (Å²) >= 11 is 5.37. The van der Waals surface area contributed by atoms with E-state index in [1.165, 1.54) is 34.6 Å². The Labute approximate surface area is 202 Å². The lowest BCUT2D eigenvalue weighted by molar-refractivity contribution is 0.174. The molecule has 0 saturated carbocycles. The Morgan fingerprint density at radius 1 is 1.00 bits per heavy atom. The smallest absolute Gasteiger partial charge is 0.264 e. The summed E-state index contributed by atoms with van der Waals surface area (Å²) in [5.74, 6) is 0.946. The highest BCUT2D eigenvalue weighted by molar-refractivity contribution is 7.92. The fourth-order valence-electron chi connectivity index (χ4n) is 4.15. The van der Waals surface area contributed by atoms with Crippen molar-refractivity contribution >= 4 is 44.4 Å². The summed E-state index contributed by atoms with van der Waals surface area (Å²) in [5.41, 5.74) is 2.58. The first-order chi connectivity index (χ1) is 16.3. The Kier molecular flexibility index (Phi) is 5.78. The molecule has 0 aliphatic carbocycles. The topological polar surface area (TPSA) is 79.9 Å². The van der Waals surface area contributed by atoms with Crippen molar-refractivity contribution in [3.05, 3.63) is 72.0 Å². The maximum atomic E-state index is 13.7. The highest BCUT2D eigenvalue weighted by Gasteiger charge is 2.34. The zero-order valence-electron chi connectivity index (χ0n) is 18.2. The molecule has 176 valence electrons. The van der Waals surface area contributed by atoms with Gasteiger partial charge in [0.05, 0.1) is 10.6 Å². The molecule has 0 saturated heterocycles. The van der Waals surface area contributed by atoms with Gasteiger partial charge in [-0.15, -0.1) is 0 Å². The lowest BCUT2D eigenvalue weighted by Gasteiger charge is -2.36. The van der Waals surface area contributed by atoms with E-state index >= 15 is 0 Å². The van der Waals surface area contributed by atoms with E-state index in [1.54, 1.807) is 24.3 Å². The summed E-state index contributed by atoms with van der Waals surface area (Å²) in [7, 11) is -3.83. The first kappa shape index (κ1) is 22.4. The van der Waals surface area contributed by atoms with Crippen molar-refractivity contribution in [3.63, 3.8) is 0 Å². The van der Waals surface area contributed by atoms with Gasteiger partial charge >= 0.3 is 0 Å². The Balaban J connectivity index is 1.31. The normalized spacial score (nSPS) is 16.6. The first-order valence-corrected chi connectivity index (χ1v) is 12.6. The molecule has 0 unspecified atom stereocenters. The molecule has 0 aromatic heterocycles. The zero-order valence-corrected chi connectivity index (χ0v) is 19.9. The summed E-state index contributed by atoms with van der Waals surface area (Å²) in [4.78, 5) is 0.150. The Hall–Kier alpha value is -3.37. The van der Waals surface area contributed by atoms with Gasteiger partial charge in [0.15, 0.2) is 16.6 Å². The van der Waals surface area contributed by atoms with Crippen molar-refractivity contribution in [3.8, 4) is 11.5 Å². The summed E-state index contributed by atoms with van der Waals surface area (Å²) < 4.78 is 52.7. The minimum atomic E-state index is -3.83. The summed E-state index contributed by atoms with van der Waals surface area (Å²) in [6, 6.07) is 15.8. The number of hydrogen-bond donors (Lipinski definition) is 2. The average molecular weight is 500 g/mol. The number of thiocarbonyl (C=S) groups is 1. The van der Waals surface area contributed by atoms with Crippen LogP contribution in [0.25, 0.3) is 0 Å². The standard InChI is InChI=1S/C24H22FN3O4S2/c1-15-2-3-16-12-17(25)4-10-21(16)28(15)34(29,30)20-8-5-18(6-9-20)26-24(33)27-19-7-11-22-23(13-19)32-14-31-22/h4-13,15H,2-3,14H2,1H3,(H2,26,27,33)/t15-/m0/s1. The third-order valence-electron chi connectivity index (χ3n) is 5.81. The predicted molar refractivity (Wildman–Crippen MR) is 133 cm³/mol. The van der Waals surface area contributed by atoms with E-state index in [4.69, 9.17) is 21.7 Å². The Bertz CT molecular complexity index is 1360. The van der Waals surface area contributed by atoms with Gasteiger partial charge in [0.25, 0.3) is 10.0 Å². The number of anilines is 3. The van der Waals surface area contributed by atoms with E-state index < -0.39 is 10.0 Å². The molecule has 0 bridgehead atoms. The van der Waals surface area contributed by atoms with Crippen LogP contribution in [0.2, 0.25) is 0 Å². The van der Waals surface area contributed by atoms with Gasteiger partial charge in [-0.05, 0) is 92.1 Å². The van der Waals surface area contributed by atoms with Crippen LogP contribution in [-0.2, 0) is 16.4 Å². The summed E-state index contributed by atoms with van der Waals surface area (Å²) in [6.45, 7) is 2.05. The van der Waals surface area contributed by atoms with Gasteiger partial charge in [-0.2, -0.15) is 0 Å². The molecular weight excluding hydrogens is 477 g/mol. The van der Waals surface area contributed by atoms with Gasteiger partial charge in [0.2, 0.25) is 6.79 Å². The predicted octanol–water partition coefficient (Wildman–Crippen LogP) is 4.89. The fraction of sp³-hybridized carbons (Fsp3) is 0.208. The van der Waals surface area contributed by atoms with E-state index in [-0.39, 0.29) is 23.5 Å². The molecule has 7 nitrogen and oxygen atoms in total. The molecule has 0 spiro atoms. The molecular formula is C24H22FN3O4S2. The molecule has 2 N–H and O–H groups in total. The SMILES string of the molecule is C[C@H]1CCc2cc(F)ccc2N1S(=O)(=O)c1ccc(NC(=S)Nc2ccc3c(c2)OCO3)cc1. The van der Waals surface area contributed by atoms with Gasteiger partial charge in [0, 0.05) is 23.5 Å². The monoisotopic (exact) mass is 499 g/mol. The second-order valence-electron chi connectivity index (χ2n) is 8.13. The maximum absolute atomic E-state index is 13.7. The number of nitrogens with zero attached hydrogens (tertiary/aromatic N) is 1. The molecule has 34 heavy (non-hydrogen) atoms. The number of hydrogen-bond acceptors (Lipinski definition) is 5. The molecule has 5 rings (SSSR count). The van der Waals surface area contributed by atoms with Crippen molar-refractivity contribution in [2.24, 2.45) is 0 Å². The number of fused-ring (bicyclic) bond motifs is 2. The number of rotatable bonds is 4. The third-order valence-corrected chi connectivity index (χ3v) is 7.96. The van der Waals surface area contributed by atoms with Crippen LogP contribution >= 0.6 is 12.2 Å². The van der Waals surface area contributed by atoms with Crippen LogP contribution in [0.1, 0.15) is 18.9 Å². The Morgan fingerprint density at radius 3 is 2.50 bits per heavy atom. The van der Waals surface area contributed by atoms with Crippen LogP contribution in [0.3, 0.4) is 0 Å². The molecule has 0 amide bonds. The van der Waals surface area contributed by atoms with Crippen LogP contribution in [0.4, 0.5) is 21.5 Å². The number of ether oxygens (including phenoxy) is 2. The second-order valence-corrected chi connectivity index (χ2v) is 10.4. The van der Waals surface area contributed by atoms with Crippen LogP contribution in [0.5, 0.6) is 11.5 Å². The maximum Gasteiger partial charge on any atom is 0.264 e. The molecule has 10 heteroatoms. The van der Waals surface area contributed by atoms with Crippen molar-refractivity contribution in [1.82, 2.24) is 0 Å². The third kappa shape index (κ3) is 4.26. The average Bonchev–Trinajstić information content (AvgIpc) is 3.27. The van der Waals surface area contributed by atoms with E-state index in [9.17, 15) is 12.8 Å². The van der Waals surface area contributed by atoms with Crippen molar-refractivity contribution < 1.29 is 22.3 Å². The van der Waals surface area contributed by atoms with Gasteiger partial charge in [-0.25, -0.2) is 12.8 Å². The largest absolute Gasteiger partial charge is 0.454 e. The summed E-state index contributed by atoms with van der Waals surface area (Å²) in [6.07, 6.45) is 1.26. The molecule has 2 aliphatic heterocycles. The Morgan fingerprint density at radius 2 is 1.71 bits per heavy atom. The number of aryl methyl sites for hydroxylation is 1. The zero-order chi connectivity index (χ0) is 23.9. The van der Waals surface area contributed by atoms with Gasteiger partial charge in [0.1, 0.15) is 5.82 Å². The van der Waals surface area contributed by atoms with Crippen molar-refractivity contribution in [1.29, 1.82) is 0 Å². The number of sulfonamides is 1. The number of nitrogens with one attached hydrogen (secondary N) is 2. The minimum Gasteiger partial charge on any atom is -0.454 e. The lowest BCUT2D eigenvalue weighted by Crippen LogP contribution is -2.42. The quantitative estimate of drug-likeness (QED) is 0.495. The molecule has 3 aromatic rings. The lowest BCUT2D eigenvalue weighted by atomic mass is 9.99. The van der Waals surface area contributed by atoms with E-state index in [0.29, 0.717) is 46.4 Å². The fourth-order valence-corrected chi connectivity index (χ4v) is 6.11. The van der Waals surface area contributed by atoms with E-state index in [0.717, 1.165) is 5.69 Å². The van der Waals surface area contributed by atoms with Crippen LogP contribution < -0.4 is 24.4 Å². The molecule has 0 fully saturated rings. The summed E-state index contributed by atoms with van der Waals surface area (Å²) in [5, 5.41) is 6.45. The number of benzene rings is 3. The van der Waals surface area contributed by atoms with E-state index in [2.05, 4.69) is 10.6 Å². The molecule has 1 atom stereocenters. The van der Waals surface area contributed by atoms with Gasteiger partial charge < -0.3 is 20.1 Å². The molecule has 2 aliphatic rings. The molecule has 0 radical (unpaired) electrons. The molecule has 2 heterocycles. The van der Waals surface area contributed by atoms with Crippen LogP contribution in [0, 0.1) is 5.82 Å². The molecule has 3 aromatic carbocycles. The van der Waals surface area contributed by atoms with Crippen LogP contribution in [0.15, 0.2) is 65.6 Å². The van der Waals surface area contributed by atoms with Gasteiger partial charge in [-0.1, -0.05) is 0 Å². The van der Waals surface area contributed by atoms with Crippen molar-refractivity contribution in [2.45, 2.75) is 30.7 Å². The highest BCUT2D eigenvalue weighted by atomic mass is 32.2. The van der Waals surface area contributed by atoms with E-state index in [1.807, 2.05) is 13.0 Å². The minimum absolute atomic E-state index is 0.150. The second kappa shape index (κ2) is 8.77.